The molecule has 1 aliphatic carbocycles. The summed E-state index contributed by atoms with van der Waals surface area (Å²) in [6, 6.07) is 0.494. The first-order valence-corrected chi connectivity index (χ1v) is 6.62. The number of rotatable bonds is 4. The minimum atomic E-state index is 0.128. The Balaban J connectivity index is 2.46. The second-order valence-corrected chi connectivity index (χ2v) is 5.26. The summed E-state index contributed by atoms with van der Waals surface area (Å²) >= 11 is 0. The van der Waals surface area contributed by atoms with Crippen LogP contribution in [0.3, 0.4) is 0 Å². The molecule has 0 aliphatic heterocycles. The van der Waals surface area contributed by atoms with E-state index in [9.17, 15) is 4.79 Å². The van der Waals surface area contributed by atoms with Crippen LogP contribution in [0.15, 0.2) is 0 Å². The minimum Gasteiger partial charge on any atom is -0.353 e. The normalized spacial score (nSPS) is 32.1. The van der Waals surface area contributed by atoms with E-state index in [1.54, 1.807) is 0 Å². The lowest BCUT2D eigenvalue weighted by Gasteiger charge is -2.33. The maximum atomic E-state index is 12.1. The van der Waals surface area contributed by atoms with Crippen LogP contribution < -0.4 is 11.1 Å². The SMILES string of the molecule is CCCC(C)NC(=O)C1CCCC(N)C1C. The highest BCUT2D eigenvalue weighted by Gasteiger charge is 2.32. The Kier molecular flexibility index (Phi) is 5.26. The van der Waals surface area contributed by atoms with Crippen molar-refractivity contribution in [2.45, 2.75) is 65.0 Å². The molecule has 1 rings (SSSR count). The van der Waals surface area contributed by atoms with Gasteiger partial charge in [-0.05, 0) is 32.1 Å². The molecule has 0 aromatic carbocycles. The molecule has 4 atom stereocenters. The van der Waals surface area contributed by atoms with E-state index in [2.05, 4.69) is 26.1 Å². The van der Waals surface area contributed by atoms with Crippen LogP contribution in [0.25, 0.3) is 0 Å². The van der Waals surface area contributed by atoms with Gasteiger partial charge in [0.1, 0.15) is 0 Å². The summed E-state index contributed by atoms with van der Waals surface area (Å²) in [4.78, 5) is 12.1. The van der Waals surface area contributed by atoms with Gasteiger partial charge < -0.3 is 11.1 Å². The van der Waals surface area contributed by atoms with Crippen LogP contribution >= 0.6 is 0 Å². The first kappa shape index (κ1) is 13.5. The third kappa shape index (κ3) is 3.48. The van der Waals surface area contributed by atoms with Gasteiger partial charge in [0, 0.05) is 18.0 Å². The zero-order valence-corrected chi connectivity index (χ0v) is 10.8. The number of amides is 1. The van der Waals surface area contributed by atoms with Gasteiger partial charge >= 0.3 is 0 Å². The molecule has 0 saturated heterocycles. The number of carbonyl (C=O) groups is 1. The van der Waals surface area contributed by atoms with Gasteiger partial charge in [-0.25, -0.2) is 0 Å². The van der Waals surface area contributed by atoms with E-state index < -0.39 is 0 Å². The van der Waals surface area contributed by atoms with E-state index in [4.69, 9.17) is 5.73 Å². The fraction of sp³-hybridized carbons (Fsp3) is 0.923. The molecule has 0 bridgehead atoms. The Hall–Kier alpha value is -0.570. The van der Waals surface area contributed by atoms with Gasteiger partial charge in [-0.1, -0.05) is 26.7 Å². The van der Waals surface area contributed by atoms with Crippen LogP contribution in [-0.2, 0) is 4.79 Å². The van der Waals surface area contributed by atoms with Crippen molar-refractivity contribution >= 4 is 5.91 Å². The lowest BCUT2D eigenvalue weighted by molar-refractivity contribution is -0.128. The largest absolute Gasteiger partial charge is 0.353 e. The molecule has 0 aromatic rings. The summed E-state index contributed by atoms with van der Waals surface area (Å²) in [7, 11) is 0. The molecule has 0 spiro atoms. The summed E-state index contributed by atoms with van der Waals surface area (Å²) in [5, 5.41) is 3.11. The molecule has 1 saturated carbocycles. The Bertz CT molecular complexity index is 230. The molecular formula is C13H26N2O. The van der Waals surface area contributed by atoms with Crippen molar-refractivity contribution in [3.8, 4) is 0 Å². The van der Waals surface area contributed by atoms with Crippen molar-refractivity contribution in [1.82, 2.24) is 5.32 Å². The summed E-state index contributed by atoms with van der Waals surface area (Å²) in [6.45, 7) is 6.33. The third-order valence-corrected chi connectivity index (χ3v) is 3.81. The fourth-order valence-corrected chi connectivity index (χ4v) is 2.62. The van der Waals surface area contributed by atoms with Crippen molar-refractivity contribution in [3.63, 3.8) is 0 Å². The highest BCUT2D eigenvalue weighted by Crippen LogP contribution is 2.29. The van der Waals surface area contributed by atoms with Gasteiger partial charge in [0.25, 0.3) is 0 Å². The van der Waals surface area contributed by atoms with Gasteiger partial charge in [0.05, 0.1) is 0 Å². The topological polar surface area (TPSA) is 55.1 Å². The molecule has 0 aromatic heterocycles. The zero-order chi connectivity index (χ0) is 12.1. The van der Waals surface area contributed by atoms with Crippen molar-refractivity contribution in [2.75, 3.05) is 0 Å². The minimum absolute atomic E-state index is 0.128. The maximum Gasteiger partial charge on any atom is 0.223 e. The Morgan fingerprint density at radius 1 is 1.50 bits per heavy atom. The van der Waals surface area contributed by atoms with Gasteiger partial charge in [0.2, 0.25) is 5.91 Å². The lowest BCUT2D eigenvalue weighted by Crippen LogP contribution is -2.46. The zero-order valence-electron chi connectivity index (χ0n) is 10.8. The standard InChI is InChI=1S/C13H26N2O/c1-4-6-9(2)15-13(16)11-7-5-8-12(14)10(11)3/h9-12H,4-8,14H2,1-3H3,(H,15,16). The number of hydrogen-bond acceptors (Lipinski definition) is 2. The summed E-state index contributed by atoms with van der Waals surface area (Å²) < 4.78 is 0. The van der Waals surface area contributed by atoms with Gasteiger partial charge in [0.15, 0.2) is 0 Å². The van der Waals surface area contributed by atoms with Crippen LogP contribution in [0.5, 0.6) is 0 Å². The molecule has 0 heterocycles. The molecule has 3 nitrogen and oxygen atoms in total. The maximum absolute atomic E-state index is 12.1. The van der Waals surface area contributed by atoms with Crippen LogP contribution in [0.2, 0.25) is 0 Å². The van der Waals surface area contributed by atoms with Crippen LogP contribution in [0, 0.1) is 11.8 Å². The first-order valence-electron chi connectivity index (χ1n) is 6.62. The first-order chi connectivity index (χ1) is 7.56. The molecule has 1 fully saturated rings. The number of hydrogen-bond donors (Lipinski definition) is 2. The smallest absolute Gasteiger partial charge is 0.223 e. The van der Waals surface area contributed by atoms with Gasteiger partial charge in [-0.3, -0.25) is 4.79 Å². The van der Waals surface area contributed by atoms with Crippen molar-refractivity contribution in [1.29, 1.82) is 0 Å². The molecule has 94 valence electrons. The highest BCUT2D eigenvalue weighted by molar-refractivity contribution is 5.79. The lowest BCUT2D eigenvalue weighted by atomic mass is 9.77. The van der Waals surface area contributed by atoms with Crippen molar-refractivity contribution in [3.05, 3.63) is 0 Å². The Morgan fingerprint density at radius 3 is 2.81 bits per heavy atom. The molecule has 4 unspecified atom stereocenters. The monoisotopic (exact) mass is 226 g/mol. The number of nitrogens with two attached hydrogens (primary N) is 1. The van der Waals surface area contributed by atoms with Gasteiger partial charge in [-0.15, -0.1) is 0 Å². The van der Waals surface area contributed by atoms with E-state index in [0.29, 0.717) is 12.0 Å². The predicted molar refractivity (Wildman–Crippen MR) is 67.0 cm³/mol. The molecule has 16 heavy (non-hydrogen) atoms. The summed E-state index contributed by atoms with van der Waals surface area (Å²) in [5.74, 6) is 0.661. The molecule has 3 N–H and O–H groups in total. The fourth-order valence-electron chi connectivity index (χ4n) is 2.62. The third-order valence-electron chi connectivity index (χ3n) is 3.81. The second-order valence-electron chi connectivity index (χ2n) is 5.26. The molecular weight excluding hydrogens is 200 g/mol. The van der Waals surface area contributed by atoms with Crippen LogP contribution in [-0.4, -0.2) is 18.0 Å². The predicted octanol–water partition coefficient (Wildman–Crippen LogP) is 2.05. The number of nitrogens with one attached hydrogen (secondary N) is 1. The van der Waals surface area contributed by atoms with Gasteiger partial charge in [-0.2, -0.15) is 0 Å². The molecule has 3 heteroatoms. The summed E-state index contributed by atoms with van der Waals surface area (Å²) in [6.07, 6.45) is 5.32. The Labute approximate surface area is 99.2 Å². The molecule has 1 aliphatic rings. The summed E-state index contributed by atoms with van der Waals surface area (Å²) in [5.41, 5.74) is 6.02. The molecule has 0 radical (unpaired) electrons. The van der Waals surface area contributed by atoms with Crippen LogP contribution in [0.1, 0.15) is 52.9 Å². The van der Waals surface area contributed by atoms with E-state index in [1.165, 1.54) is 0 Å². The van der Waals surface area contributed by atoms with E-state index in [-0.39, 0.29) is 17.9 Å². The van der Waals surface area contributed by atoms with Crippen molar-refractivity contribution < 1.29 is 4.79 Å². The quantitative estimate of drug-likeness (QED) is 0.771. The number of carbonyl (C=O) groups excluding carboxylic acids is 1. The van der Waals surface area contributed by atoms with E-state index >= 15 is 0 Å². The molecule has 1 amide bonds. The van der Waals surface area contributed by atoms with Crippen LogP contribution in [0.4, 0.5) is 0 Å². The average Bonchev–Trinajstić information content (AvgIpc) is 2.22. The van der Waals surface area contributed by atoms with E-state index in [1.807, 2.05) is 0 Å². The van der Waals surface area contributed by atoms with Crippen molar-refractivity contribution in [2.24, 2.45) is 17.6 Å². The highest BCUT2D eigenvalue weighted by atomic mass is 16.1. The Morgan fingerprint density at radius 2 is 2.19 bits per heavy atom. The van der Waals surface area contributed by atoms with E-state index in [0.717, 1.165) is 32.1 Å². The average molecular weight is 226 g/mol. The second kappa shape index (κ2) is 6.24.